The number of anilines is 2. The number of ether oxygens (including phenoxy) is 2. The summed E-state index contributed by atoms with van der Waals surface area (Å²) in [5.74, 6) is -0.589. The number of nitrogen functional groups attached to an aromatic ring is 1. The average molecular weight is 402 g/mol. The molecule has 0 saturated carbocycles. The van der Waals surface area contributed by atoms with Gasteiger partial charge in [-0.3, -0.25) is 24.0 Å². The molecule has 0 aliphatic carbocycles. The number of amides is 1. The van der Waals surface area contributed by atoms with E-state index >= 15 is 0 Å². The van der Waals surface area contributed by atoms with E-state index in [2.05, 4.69) is 11.6 Å². The van der Waals surface area contributed by atoms with E-state index in [-0.39, 0.29) is 37.8 Å². The van der Waals surface area contributed by atoms with E-state index in [1.54, 1.807) is 6.92 Å². The van der Waals surface area contributed by atoms with Crippen molar-refractivity contribution in [2.75, 3.05) is 37.5 Å². The summed E-state index contributed by atoms with van der Waals surface area (Å²) < 4.78 is 11.7. The standard InChI is InChI=1S/C20H26N4O5/c1-4-11-29-14(2)19(26)23(10-12-28-3)16-17(21)24(20(27)22-18(16)25)13-15-8-6-5-7-9-15/h4-9,14H,1,10-13,21H2,2-3H3,(H,22,25,27). The summed E-state index contributed by atoms with van der Waals surface area (Å²) in [5, 5.41) is 0. The van der Waals surface area contributed by atoms with E-state index in [4.69, 9.17) is 15.2 Å². The molecule has 1 aromatic carbocycles. The van der Waals surface area contributed by atoms with Crippen molar-refractivity contribution in [1.82, 2.24) is 9.55 Å². The molecule has 156 valence electrons. The second-order valence-electron chi connectivity index (χ2n) is 6.31. The van der Waals surface area contributed by atoms with E-state index in [0.717, 1.165) is 5.56 Å². The topological polar surface area (TPSA) is 120 Å². The summed E-state index contributed by atoms with van der Waals surface area (Å²) in [5.41, 5.74) is 5.49. The molecule has 0 aliphatic rings. The number of hydrogen-bond donors (Lipinski definition) is 2. The number of carbonyl (C=O) groups is 1. The zero-order valence-corrected chi connectivity index (χ0v) is 16.6. The van der Waals surface area contributed by atoms with Crippen LogP contribution >= 0.6 is 0 Å². The van der Waals surface area contributed by atoms with Gasteiger partial charge in [-0.05, 0) is 12.5 Å². The molecule has 0 radical (unpaired) electrons. The van der Waals surface area contributed by atoms with Crippen LogP contribution in [0.3, 0.4) is 0 Å². The maximum atomic E-state index is 12.9. The number of rotatable bonds is 10. The molecule has 0 aliphatic heterocycles. The monoisotopic (exact) mass is 402 g/mol. The molecule has 1 heterocycles. The summed E-state index contributed by atoms with van der Waals surface area (Å²) in [7, 11) is 1.48. The van der Waals surface area contributed by atoms with Crippen molar-refractivity contribution in [3.63, 3.8) is 0 Å². The Kier molecular flexibility index (Phi) is 7.93. The molecule has 9 nitrogen and oxygen atoms in total. The number of aromatic nitrogens is 2. The molecule has 29 heavy (non-hydrogen) atoms. The molecule has 0 saturated heterocycles. The third-order valence-electron chi connectivity index (χ3n) is 4.26. The third kappa shape index (κ3) is 5.43. The van der Waals surface area contributed by atoms with Crippen LogP contribution in [0.2, 0.25) is 0 Å². The Labute approximate surface area is 168 Å². The Morgan fingerprint density at radius 3 is 2.66 bits per heavy atom. The fourth-order valence-electron chi connectivity index (χ4n) is 2.78. The molecule has 1 atom stereocenters. The summed E-state index contributed by atoms with van der Waals surface area (Å²) >= 11 is 0. The quantitative estimate of drug-likeness (QED) is 0.566. The highest BCUT2D eigenvalue weighted by Gasteiger charge is 2.28. The number of nitrogens with one attached hydrogen (secondary N) is 1. The Bertz CT molecular complexity index is 952. The van der Waals surface area contributed by atoms with Gasteiger partial charge in [-0.1, -0.05) is 36.4 Å². The number of carbonyl (C=O) groups excluding carboxylic acids is 1. The minimum atomic E-state index is -0.849. The first-order valence-electron chi connectivity index (χ1n) is 9.10. The normalized spacial score (nSPS) is 11.8. The van der Waals surface area contributed by atoms with E-state index in [0.29, 0.717) is 0 Å². The number of aromatic amines is 1. The first-order valence-corrected chi connectivity index (χ1v) is 9.10. The largest absolute Gasteiger partial charge is 0.383 e. The highest BCUT2D eigenvalue weighted by atomic mass is 16.5. The highest BCUT2D eigenvalue weighted by molar-refractivity contribution is 5.98. The molecule has 0 fully saturated rings. The summed E-state index contributed by atoms with van der Waals surface area (Å²) in [6, 6.07) is 9.17. The van der Waals surface area contributed by atoms with Crippen LogP contribution in [0.15, 0.2) is 52.6 Å². The molecule has 2 aromatic rings. The van der Waals surface area contributed by atoms with E-state index in [1.807, 2.05) is 30.3 Å². The Morgan fingerprint density at radius 1 is 1.34 bits per heavy atom. The number of H-pyrrole nitrogens is 1. The Morgan fingerprint density at radius 2 is 2.03 bits per heavy atom. The van der Waals surface area contributed by atoms with Crippen LogP contribution < -0.4 is 21.9 Å². The summed E-state index contributed by atoms with van der Waals surface area (Å²) in [6.45, 7) is 5.66. The van der Waals surface area contributed by atoms with Crippen molar-refractivity contribution in [1.29, 1.82) is 0 Å². The third-order valence-corrected chi connectivity index (χ3v) is 4.26. The number of nitrogens with zero attached hydrogens (tertiary/aromatic N) is 2. The van der Waals surface area contributed by atoms with Crippen LogP contribution in [0, 0.1) is 0 Å². The van der Waals surface area contributed by atoms with Gasteiger partial charge in [0.25, 0.3) is 11.5 Å². The van der Waals surface area contributed by atoms with Gasteiger partial charge in [0.15, 0.2) is 5.69 Å². The van der Waals surface area contributed by atoms with Crippen LogP contribution in [-0.2, 0) is 20.8 Å². The maximum Gasteiger partial charge on any atom is 0.330 e. The zero-order valence-electron chi connectivity index (χ0n) is 16.6. The predicted molar refractivity (Wildman–Crippen MR) is 111 cm³/mol. The van der Waals surface area contributed by atoms with Crippen LogP contribution in [0.5, 0.6) is 0 Å². The van der Waals surface area contributed by atoms with Crippen molar-refractivity contribution in [2.24, 2.45) is 0 Å². The second kappa shape index (κ2) is 10.4. The van der Waals surface area contributed by atoms with Crippen molar-refractivity contribution in [3.8, 4) is 0 Å². The minimum absolute atomic E-state index is 0.0634. The predicted octanol–water partition coefficient (Wildman–Crippen LogP) is 0.738. The first-order chi connectivity index (χ1) is 13.9. The highest BCUT2D eigenvalue weighted by Crippen LogP contribution is 2.19. The lowest BCUT2D eigenvalue weighted by Gasteiger charge is -2.26. The molecule has 9 heteroatoms. The number of methoxy groups -OCH3 is 1. The lowest BCUT2D eigenvalue weighted by molar-refractivity contribution is -0.128. The molecule has 3 N–H and O–H groups in total. The lowest BCUT2D eigenvalue weighted by atomic mass is 10.2. The summed E-state index contributed by atoms with van der Waals surface area (Å²) in [4.78, 5) is 41.3. The van der Waals surface area contributed by atoms with Gasteiger partial charge in [0.05, 0.1) is 19.8 Å². The van der Waals surface area contributed by atoms with Crippen LogP contribution in [0.1, 0.15) is 12.5 Å². The van der Waals surface area contributed by atoms with Gasteiger partial charge in [0.2, 0.25) is 0 Å². The van der Waals surface area contributed by atoms with Crippen LogP contribution in [-0.4, -0.2) is 48.4 Å². The van der Waals surface area contributed by atoms with Gasteiger partial charge in [0, 0.05) is 13.7 Å². The smallest absolute Gasteiger partial charge is 0.330 e. The molecule has 0 spiro atoms. The molecular formula is C20H26N4O5. The van der Waals surface area contributed by atoms with Crippen molar-refractivity contribution < 1.29 is 14.3 Å². The molecule has 0 bridgehead atoms. The van der Waals surface area contributed by atoms with Gasteiger partial charge in [0.1, 0.15) is 11.9 Å². The molecular weight excluding hydrogens is 376 g/mol. The fourth-order valence-corrected chi connectivity index (χ4v) is 2.78. The van der Waals surface area contributed by atoms with Crippen molar-refractivity contribution in [3.05, 3.63) is 69.4 Å². The van der Waals surface area contributed by atoms with Gasteiger partial charge < -0.3 is 15.2 Å². The lowest BCUT2D eigenvalue weighted by Crippen LogP contribution is -2.46. The maximum absolute atomic E-state index is 12.9. The van der Waals surface area contributed by atoms with Gasteiger partial charge in [-0.25, -0.2) is 4.79 Å². The van der Waals surface area contributed by atoms with Crippen LogP contribution in [0.25, 0.3) is 0 Å². The van der Waals surface area contributed by atoms with Crippen LogP contribution in [0.4, 0.5) is 11.5 Å². The van der Waals surface area contributed by atoms with E-state index < -0.39 is 23.3 Å². The first kappa shape index (κ1) is 22.1. The number of nitrogens with two attached hydrogens (primary N) is 1. The van der Waals surface area contributed by atoms with E-state index in [1.165, 1.54) is 22.7 Å². The second-order valence-corrected chi connectivity index (χ2v) is 6.31. The average Bonchev–Trinajstić information content (AvgIpc) is 2.71. The van der Waals surface area contributed by atoms with Gasteiger partial charge in [-0.15, -0.1) is 6.58 Å². The molecule has 1 unspecified atom stereocenters. The van der Waals surface area contributed by atoms with Gasteiger partial charge in [-0.2, -0.15) is 0 Å². The van der Waals surface area contributed by atoms with Gasteiger partial charge >= 0.3 is 5.69 Å². The Balaban J connectivity index is 2.50. The minimum Gasteiger partial charge on any atom is -0.383 e. The fraction of sp³-hybridized carbons (Fsp3) is 0.350. The number of hydrogen-bond acceptors (Lipinski definition) is 6. The summed E-state index contributed by atoms with van der Waals surface area (Å²) in [6.07, 6.45) is 0.669. The van der Waals surface area contributed by atoms with Crippen molar-refractivity contribution >= 4 is 17.4 Å². The molecule has 1 aromatic heterocycles. The number of benzene rings is 1. The Hall–Kier alpha value is -3.17. The van der Waals surface area contributed by atoms with Crippen molar-refractivity contribution in [2.45, 2.75) is 19.6 Å². The SMILES string of the molecule is C=CCOC(C)C(=O)N(CCOC)c1c(N)n(Cc2ccccc2)c(=O)[nH]c1=O. The van der Waals surface area contributed by atoms with E-state index in [9.17, 15) is 14.4 Å². The zero-order chi connectivity index (χ0) is 21.4. The molecule has 1 amide bonds. The molecule has 2 rings (SSSR count).